The predicted octanol–water partition coefficient (Wildman–Crippen LogP) is 4.10. The zero-order valence-corrected chi connectivity index (χ0v) is 24.2. The number of benzene rings is 3. The number of hydrogen-bond donors (Lipinski definition) is 4. The number of nitrogen functional groups attached to an aromatic ring is 1. The highest BCUT2D eigenvalue weighted by molar-refractivity contribution is 6.09. The minimum Gasteiger partial charge on any atom is -0.478 e. The van der Waals surface area contributed by atoms with E-state index in [2.05, 4.69) is 20.0 Å². The minimum atomic E-state index is -1.15. The molecule has 44 heavy (non-hydrogen) atoms. The zero-order valence-electron chi connectivity index (χ0n) is 24.2. The summed E-state index contributed by atoms with van der Waals surface area (Å²) >= 11 is 0. The molecule has 0 atom stereocenters. The van der Waals surface area contributed by atoms with Crippen molar-refractivity contribution in [3.63, 3.8) is 0 Å². The maximum absolute atomic E-state index is 12.8. The molecule has 224 valence electrons. The van der Waals surface area contributed by atoms with E-state index in [1.165, 1.54) is 18.2 Å². The lowest BCUT2D eigenvalue weighted by atomic mass is 10.1. The molecule has 0 spiro atoms. The number of hydrogen-bond acceptors (Lipinski definition) is 7. The highest BCUT2D eigenvalue weighted by Gasteiger charge is 2.18. The van der Waals surface area contributed by atoms with Crippen LogP contribution in [0.1, 0.15) is 49.4 Å². The molecule has 0 aliphatic rings. The first-order valence-corrected chi connectivity index (χ1v) is 13.7. The van der Waals surface area contributed by atoms with Crippen LogP contribution < -0.4 is 16.6 Å². The number of aromatic carboxylic acids is 1. The number of rotatable bonds is 7. The number of carbonyl (C=O) groups excluding carboxylic acids is 2. The monoisotopic (exact) mass is 594 g/mol. The number of carboxylic acid groups (broad SMARTS) is 1. The third-order valence-electron chi connectivity index (χ3n) is 7.26. The largest absolute Gasteiger partial charge is 0.478 e. The van der Waals surface area contributed by atoms with Crippen LogP contribution in [0.4, 0.5) is 5.69 Å². The highest BCUT2D eigenvalue weighted by Crippen LogP contribution is 2.31. The van der Waals surface area contributed by atoms with Crippen LogP contribution in [-0.2, 0) is 11.3 Å². The predicted molar refractivity (Wildman–Crippen MR) is 167 cm³/mol. The lowest BCUT2D eigenvalue weighted by Gasteiger charge is -2.13. The molecule has 0 fully saturated rings. The van der Waals surface area contributed by atoms with Crippen LogP contribution in [-0.4, -0.2) is 55.9 Å². The molecule has 0 saturated carbocycles. The SMILES string of the molecule is CCOC.Cc1c(C=O)nc2c(=O)[nH]c3c4ccccc4c(-n4ccc(CNC(=O)c5cc(C(=O)O)ccc5N)c4)cc3n12. The molecule has 3 aromatic heterocycles. The maximum atomic E-state index is 12.8. The first kappa shape index (κ1) is 29.7. The number of nitrogens with zero attached hydrogens (tertiary/aromatic N) is 3. The van der Waals surface area contributed by atoms with E-state index in [9.17, 15) is 24.3 Å². The second-order valence-corrected chi connectivity index (χ2v) is 9.94. The van der Waals surface area contributed by atoms with Crippen molar-refractivity contribution in [2.24, 2.45) is 0 Å². The smallest absolute Gasteiger partial charge is 0.335 e. The Kier molecular flexibility index (Phi) is 8.27. The van der Waals surface area contributed by atoms with Crippen LogP contribution in [0.5, 0.6) is 0 Å². The number of anilines is 1. The average molecular weight is 595 g/mol. The van der Waals surface area contributed by atoms with Crippen molar-refractivity contribution in [2.75, 3.05) is 19.5 Å². The van der Waals surface area contributed by atoms with Gasteiger partial charge in [-0.05, 0) is 49.7 Å². The number of amides is 1. The van der Waals surface area contributed by atoms with E-state index in [0.717, 1.165) is 28.6 Å². The van der Waals surface area contributed by atoms with Gasteiger partial charge in [0.25, 0.3) is 11.5 Å². The fraction of sp³-hybridized carbons (Fsp3) is 0.156. The van der Waals surface area contributed by atoms with Gasteiger partial charge in [-0.15, -0.1) is 0 Å². The van der Waals surface area contributed by atoms with E-state index in [4.69, 9.17) is 5.73 Å². The molecule has 0 unspecified atom stereocenters. The second kappa shape index (κ2) is 12.2. The number of H-pyrrole nitrogens is 1. The molecule has 3 heterocycles. The Morgan fingerprint density at radius 2 is 1.86 bits per heavy atom. The quantitative estimate of drug-likeness (QED) is 0.121. The Balaban J connectivity index is 0.000000906. The Morgan fingerprint density at radius 1 is 1.14 bits per heavy atom. The lowest BCUT2D eigenvalue weighted by Crippen LogP contribution is -2.24. The van der Waals surface area contributed by atoms with E-state index in [0.29, 0.717) is 23.0 Å². The molecule has 0 aliphatic heterocycles. The summed E-state index contributed by atoms with van der Waals surface area (Å²) in [5.74, 6) is -1.64. The molecular formula is C32H30N6O6. The van der Waals surface area contributed by atoms with Crippen molar-refractivity contribution in [2.45, 2.75) is 20.4 Å². The molecule has 12 nitrogen and oxygen atoms in total. The third-order valence-corrected chi connectivity index (χ3v) is 7.26. The number of nitrogens with two attached hydrogens (primary N) is 1. The summed E-state index contributed by atoms with van der Waals surface area (Å²) in [5.41, 5.74) is 9.54. The van der Waals surface area contributed by atoms with Gasteiger partial charge in [0.2, 0.25) is 5.65 Å². The van der Waals surface area contributed by atoms with Crippen LogP contribution >= 0.6 is 0 Å². The van der Waals surface area contributed by atoms with Crippen molar-refractivity contribution in [1.82, 2.24) is 24.3 Å². The van der Waals surface area contributed by atoms with Gasteiger partial charge in [-0.2, -0.15) is 0 Å². The molecule has 6 rings (SSSR count). The number of carboxylic acids is 1. The zero-order chi connectivity index (χ0) is 31.5. The summed E-state index contributed by atoms with van der Waals surface area (Å²) in [6.45, 7) is 4.70. The molecular weight excluding hydrogens is 564 g/mol. The minimum absolute atomic E-state index is 0.0301. The van der Waals surface area contributed by atoms with E-state index in [-0.39, 0.29) is 34.7 Å². The third kappa shape index (κ3) is 5.41. The van der Waals surface area contributed by atoms with Crippen molar-refractivity contribution >= 4 is 51.3 Å². The first-order valence-electron chi connectivity index (χ1n) is 13.7. The number of aldehydes is 1. The molecule has 5 N–H and O–H groups in total. The number of carbonyl (C=O) groups is 3. The number of aryl methyl sites for hydroxylation is 1. The molecule has 1 amide bonds. The summed E-state index contributed by atoms with van der Waals surface area (Å²) in [7, 11) is 1.68. The second-order valence-electron chi connectivity index (χ2n) is 9.94. The van der Waals surface area contributed by atoms with Crippen LogP contribution in [0, 0.1) is 6.92 Å². The maximum Gasteiger partial charge on any atom is 0.335 e. The van der Waals surface area contributed by atoms with E-state index in [1.807, 2.05) is 60.3 Å². The Bertz CT molecular complexity index is 2120. The number of nitrogens with one attached hydrogen (secondary N) is 2. The summed E-state index contributed by atoms with van der Waals surface area (Å²) in [6, 6.07) is 15.4. The number of methoxy groups -OCH3 is 1. The van der Waals surface area contributed by atoms with Gasteiger partial charge >= 0.3 is 5.97 Å². The molecule has 0 bridgehead atoms. The van der Waals surface area contributed by atoms with Crippen molar-refractivity contribution < 1.29 is 24.2 Å². The molecule has 6 aromatic rings. The van der Waals surface area contributed by atoms with E-state index < -0.39 is 17.4 Å². The molecule has 0 saturated heterocycles. The highest BCUT2D eigenvalue weighted by atomic mass is 16.5. The van der Waals surface area contributed by atoms with Crippen molar-refractivity contribution in [3.05, 3.63) is 105 Å². The van der Waals surface area contributed by atoms with Gasteiger partial charge < -0.3 is 30.4 Å². The Labute approximate surface area is 250 Å². The normalized spacial score (nSPS) is 11.0. The van der Waals surface area contributed by atoms with Gasteiger partial charge in [0.15, 0.2) is 6.29 Å². The fourth-order valence-electron chi connectivity index (χ4n) is 4.97. The average Bonchev–Trinajstić information content (AvgIpc) is 3.64. The number of fused-ring (bicyclic) bond motifs is 5. The number of imidazole rings is 1. The molecule has 3 aromatic carbocycles. The summed E-state index contributed by atoms with van der Waals surface area (Å²) in [6.07, 6.45) is 4.36. The van der Waals surface area contributed by atoms with Gasteiger partial charge in [0, 0.05) is 49.1 Å². The molecule has 0 radical (unpaired) electrons. The van der Waals surface area contributed by atoms with Crippen LogP contribution in [0.2, 0.25) is 0 Å². The Hall–Kier alpha value is -5.75. The topological polar surface area (TPSA) is 174 Å². The van der Waals surface area contributed by atoms with Crippen LogP contribution in [0.25, 0.3) is 33.1 Å². The number of aromatic amines is 1. The van der Waals surface area contributed by atoms with Crippen LogP contribution in [0.15, 0.2) is 71.8 Å². The summed E-state index contributed by atoms with van der Waals surface area (Å²) < 4.78 is 8.14. The van der Waals surface area contributed by atoms with Gasteiger partial charge in [-0.1, -0.05) is 24.3 Å². The van der Waals surface area contributed by atoms with Gasteiger partial charge in [-0.25, -0.2) is 9.78 Å². The summed E-state index contributed by atoms with van der Waals surface area (Å²) in [4.78, 5) is 55.6. The molecule has 0 aliphatic carbocycles. The standard InChI is InChI=1S/C29H22N6O5.C3H8O/c1-15-22(14-36)32-26-28(38)33-25-19-5-3-2-4-18(19)23(11-24(25)35(15)26)34-9-8-16(13-34)12-31-27(37)20-10-17(29(39)40)6-7-21(20)30;1-3-4-2/h2-11,13-14H,12,30H2,1H3,(H,31,37)(H,33,38)(H,39,40);3H2,1-2H3. The van der Waals surface area contributed by atoms with Crippen molar-refractivity contribution in [1.29, 1.82) is 0 Å². The number of aromatic nitrogens is 4. The Morgan fingerprint density at radius 3 is 2.55 bits per heavy atom. The lowest BCUT2D eigenvalue weighted by molar-refractivity contribution is 0.0696. The van der Waals surface area contributed by atoms with E-state index in [1.54, 1.807) is 18.4 Å². The van der Waals surface area contributed by atoms with Gasteiger partial charge in [-0.3, -0.25) is 18.8 Å². The summed E-state index contributed by atoms with van der Waals surface area (Å²) in [5, 5.41) is 13.7. The number of ether oxygens (including phenoxy) is 1. The van der Waals surface area contributed by atoms with Gasteiger partial charge in [0.05, 0.1) is 33.5 Å². The fourth-order valence-corrected chi connectivity index (χ4v) is 4.97. The first-order chi connectivity index (χ1) is 21.2. The van der Waals surface area contributed by atoms with E-state index >= 15 is 0 Å². The molecule has 12 heteroatoms. The van der Waals surface area contributed by atoms with Crippen molar-refractivity contribution in [3.8, 4) is 5.69 Å². The van der Waals surface area contributed by atoms with Gasteiger partial charge in [0.1, 0.15) is 5.69 Å². The van der Waals surface area contributed by atoms with Crippen LogP contribution in [0.3, 0.4) is 0 Å².